The standard InChI is InChI=1S/C18H14O2/c19-14-13-17(16-9-5-2-6-10-16)18(20)12-11-15-7-3-1-4-8-15/h1-14H. The average Bonchev–Trinajstić information content (AvgIpc) is 2.52. The van der Waals surface area contributed by atoms with E-state index in [4.69, 9.17) is 0 Å². The van der Waals surface area contributed by atoms with E-state index in [1.807, 2.05) is 60.7 Å². The van der Waals surface area contributed by atoms with Crippen LogP contribution in [0.5, 0.6) is 0 Å². The van der Waals surface area contributed by atoms with Crippen molar-refractivity contribution >= 4 is 23.7 Å². The third kappa shape index (κ3) is 3.62. The van der Waals surface area contributed by atoms with Crippen molar-refractivity contribution in [3.63, 3.8) is 0 Å². The van der Waals surface area contributed by atoms with Crippen LogP contribution < -0.4 is 0 Å². The van der Waals surface area contributed by atoms with E-state index in [-0.39, 0.29) is 5.78 Å². The minimum Gasteiger partial charge on any atom is -0.299 e. The number of aldehydes is 1. The molecule has 0 aromatic heterocycles. The fraction of sp³-hybridized carbons (Fsp3) is 0. The predicted octanol–water partition coefficient (Wildman–Crippen LogP) is 3.55. The molecular weight excluding hydrogens is 248 g/mol. The fourth-order valence-electron chi connectivity index (χ4n) is 1.83. The van der Waals surface area contributed by atoms with Crippen molar-refractivity contribution in [1.29, 1.82) is 0 Å². The number of carbonyl (C=O) groups is 2. The summed E-state index contributed by atoms with van der Waals surface area (Å²) in [5.41, 5.74) is 2.08. The quantitative estimate of drug-likeness (QED) is 0.610. The molecule has 0 unspecified atom stereocenters. The van der Waals surface area contributed by atoms with Crippen molar-refractivity contribution in [3.8, 4) is 0 Å². The van der Waals surface area contributed by atoms with Gasteiger partial charge in [-0.1, -0.05) is 66.7 Å². The SMILES string of the molecule is O=CC=C(C(=O)C=Cc1ccccc1)c1ccccc1. The van der Waals surface area contributed by atoms with Crippen LogP contribution in [-0.2, 0) is 9.59 Å². The van der Waals surface area contributed by atoms with E-state index in [1.54, 1.807) is 6.08 Å². The highest BCUT2D eigenvalue weighted by Gasteiger charge is 2.08. The van der Waals surface area contributed by atoms with Gasteiger partial charge in [0.25, 0.3) is 0 Å². The Kier molecular flexibility index (Phi) is 4.79. The molecule has 2 rings (SSSR count). The Bertz CT molecular complexity index is 638. The molecule has 2 aromatic carbocycles. The first-order chi connectivity index (χ1) is 9.81. The van der Waals surface area contributed by atoms with Gasteiger partial charge in [-0.05, 0) is 23.3 Å². The third-order valence-electron chi connectivity index (χ3n) is 2.81. The molecule has 0 saturated carbocycles. The molecule has 0 amide bonds. The Labute approximate surface area is 118 Å². The number of allylic oxidation sites excluding steroid dienone is 3. The molecular formula is C18H14O2. The molecule has 2 heteroatoms. The highest BCUT2D eigenvalue weighted by molar-refractivity contribution is 6.28. The van der Waals surface area contributed by atoms with Gasteiger partial charge in [-0.25, -0.2) is 0 Å². The lowest BCUT2D eigenvalue weighted by Gasteiger charge is -2.02. The smallest absolute Gasteiger partial charge is 0.186 e. The van der Waals surface area contributed by atoms with Crippen molar-refractivity contribution < 1.29 is 9.59 Å². The topological polar surface area (TPSA) is 34.1 Å². The first-order valence-electron chi connectivity index (χ1n) is 6.29. The van der Waals surface area contributed by atoms with Crippen LogP contribution in [0, 0.1) is 0 Å². The highest BCUT2D eigenvalue weighted by Crippen LogP contribution is 2.16. The van der Waals surface area contributed by atoms with Gasteiger partial charge < -0.3 is 0 Å². The molecule has 2 aromatic rings. The minimum absolute atomic E-state index is 0.188. The van der Waals surface area contributed by atoms with Crippen LogP contribution in [0.3, 0.4) is 0 Å². The molecule has 0 saturated heterocycles. The summed E-state index contributed by atoms with van der Waals surface area (Å²) in [5, 5.41) is 0. The molecule has 0 bridgehead atoms. The highest BCUT2D eigenvalue weighted by atomic mass is 16.1. The molecule has 0 fully saturated rings. The Morgan fingerprint density at radius 2 is 1.45 bits per heavy atom. The maximum absolute atomic E-state index is 12.2. The summed E-state index contributed by atoms with van der Waals surface area (Å²) in [5.74, 6) is -0.188. The van der Waals surface area contributed by atoms with Crippen molar-refractivity contribution in [2.75, 3.05) is 0 Å². The van der Waals surface area contributed by atoms with Crippen LogP contribution in [0.15, 0.2) is 72.8 Å². The van der Waals surface area contributed by atoms with E-state index in [9.17, 15) is 9.59 Å². The summed E-state index contributed by atoms with van der Waals surface area (Å²) in [4.78, 5) is 22.9. The van der Waals surface area contributed by atoms with Gasteiger partial charge >= 0.3 is 0 Å². The lowest BCUT2D eigenvalue weighted by atomic mass is 10.0. The van der Waals surface area contributed by atoms with E-state index in [2.05, 4.69) is 0 Å². The lowest BCUT2D eigenvalue weighted by Crippen LogP contribution is -1.98. The molecule has 2 nitrogen and oxygen atoms in total. The molecule has 0 aliphatic heterocycles. The number of ketones is 1. The zero-order valence-corrected chi connectivity index (χ0v) is 10.9. The van der Waals surface area contributed by atoms with Crippen LogP contribution >= 0.6 is 0 Å². The lowest BCUT2D eigenvalue weighted by molar-refractivity contribution is -0.110. The van der Waals surface area contributed by atoms with Gasteiger partial charge in [0.2, 0.25) is 0 Å². The van der Waals surface area contributed by atoms with E-state index >= 15 is 0 Å². The molecule has 0 heterocycles. The third-order valence-corrected chi connectivity index (χ3v) is 2.81. The first-order valence-corrected chi connectivity index (χ1v) is 6.29. The van der Waals surface area contributed by atoms with Crippen molar-refractivity contribution in [2.45, 2.75) is 0 Å². The van der Waals surface area contributed by atoms with Crippen molar-refractivity contribution in [3.05, 3.63) is 83.9 Å². The summed E-state index contributed by atoms with van der Waals surface area (Å²) in [6.07, 6.45) is 5.16. The van der Waals surface area contributed by atoms with E-state index in [1.165, 1.54) is 12.2 Å². The predicted molar refractivity (Wildman–Crippen MR) is 81.0 cm³/mol. The summed E-state index contributed by atoms with van der Waals surface area (Å²) < 4.78 is 0. The Hall–Kier alpha value is -2.74. The minimum atomic E-state index is -0.188. The number of benzene rings is 2. The van der Waals surface area contributed by atoms with E-state index in [0.29, 0.717) is 11.9 Å². The van der Waals surface area contributed by atoms with Gasteiger partial charge in [-0.15, -0.1) is 0 Å². The molecule has 0 aliphatic rings. The zero-order valence-electron chi connectivity index (χ0n) is 10.9. The second-order valence-corrected chi connectivity index (χ2v) is 4.19. The number of hydrogen-bond donors (Lipinski definition) is 0. The van der Waals surface area contributed by atoms with Gasteiger partial charge in [-0.2, -0.15) is 0 Å². The van der Waals surface area contributed by atoms with Crippen LogP contribution in [0.4, 0.5) is 0 Å². The second-order valence-electron chi connectivity index (χ2n) is 4.19. The van der Waals surface area contributed by atoms with Crippen LogP contribution in [0.25, 0.3) is 11.6 Å². The van der Waals surface area contributed by atoms with Gasteiger partial charge in [0.05, 0.1) is 0 Å². The van der Waals surface area contributed by atoms with Gasteiger partial charge in [0, 0.05) is 5.57 Å². The number of carbonyl (C=O) groups excluding carboxylic acids is 2. The molecule has 0 spiro atoms. The average molecular weight is 262 g/mol. The zero-order chi connectivity index (χ0) is 14.2. The van der Waals surface area contributed by atoms with Crippen LogP contribution in [0.2, 0.25) is 0 Å². The normalized spacial score (nSPS) is 11.5. The molecule has 0 N–H and O–H groups in total. The van der Waals surface area contributed by atoms with Crippen LogP contribution in [0.1, 0.15) is 11.1 Å². The summed E-state index contributed by atoms with van der Waals surface area (Å²) >= 11 is 0. The summed E-state index contributed by atoms with van der Waals surface area (Å²) in [6.45, 7) is 0. The Morgan fingerprint density at radius 3 is 2.05 bits per heavy atom. The van der Waals surface area contributed by atoms with Gasteiger partial charge in [0.1, 0.15) is 6.29 Å². The molecule has 20 heavy (non-hydrogen) atoms. The fourth-order valence-corrected chi connectivity index (χ4v) is 1.83. The largest absolute Gasteiger partial charge is 0.299 e. The second kappa shape index (κ2) is 7.00. The molecule has 98 valence electrons. The number of rotatable bonds is 5. The Morgan fingerprint density at radius 1 is 0.850 bits per heavy atom. The first kappa shape index (κ1) is 13.7. The van der Waals surface area contributed by atoms with Crippen LogP contribution in [-0.4, -0.2) is 12.1 Å². The maximum atomic E-state index is 12.2. The van der Waals surface area contributed by atoms with Gasteiger partial charge in [0.15, 0.2) is 5.78 Å². The maximum Gasteiger partial charge on any atom is 0.186 e. The van der Waals surface area contributed by atoms with E-state index in [0.717, 1.165) is 11.1 Å². The Balaban J connectivity index is 2.23. The number of hydrogen-bond acceptors (Lipinski definition) is 2. The molecule has 0 atom stereocenters. The monoisotopic (exact) mass is 262 g/mol. The van der Waals surface area contributed by atoms with Gasteiger partial charge in [-0.3, -0.25) is 9.59 Å². The van der Waals surface area contributed by atoms with E-state index < -0.39 is 0 Å². The summed E-state index contributed by atoms with van der Waals surface area (Å²) in [6, 6.07) is 18.7. The molecule has 0 radical (unpaired) electrons. The van der Waals surface area contributed by atoms with Crippen molar-refractivity contribution in [1.82, 2.24) is 0 Å². The summed E-state index contributed by atoms with van der Waals surface area (Å²) in [7, 11) is 0. The van der Waals surface area contributed by atoms with Crippen molar-refractivity contribution in [2.24, 2.45) is 0 Å². The molecule has 0 aliphatic carbocycles.